The van der Waals surface area contributed by atoms with E-state index in [1.807, 2.05) is 42.5 Å². The Morgan fingerprint density at radius 3 is 2.69 bits per heavy atom. The minimum atomic E-state index is 0.394. The molecule has 0 unspecified atom stereocenters. The number of aryl methyl sites for hydroxylation is 1. The molecule has 2 aromatic heterocycles. The molecular formula is C20H20N6. The number of rotatable bonds is 6. The molecule has 6 nitrogen and oxygen atoms in total. The average Bonchev–Trinajstić information content (AvgIpc) is 3.00. The van der Waals surface area contributed by atoms with E-state index in [0.29, 0.717) is 5.95 Å². The number of nitrogens with one attached hydrogen (secondary N) is 1. The lowest BCUT2D eigenvalue weighted by Gasteiger charge is -2.05. The third-order valence-corrected chi connectivity index (χ3v) is 4.29. The van der Waals surface area contributed by atoms with Crippen molar-refractivity contribution in [2.75, 3.05) is 5.43 Å². The zero-order chi connectivity index (χ0) is 17.8. The third-order valence-electron chi connectivity index (χ3n) is 4.29. The molecule has 4 rings (SSSR count). The molecule has 0 saturated heterocycles. The smallest absolute Gasteiger partial charge is 0.265 e. The molecule has 0 saturated carbocycles. The molecule has 0 aliphatic carbocycles. The summed E-state index contributed by atoms with van der Waals surface area (Å²) in [6, 6.07) is 18.1. The van der Waals surface area contributed by atoms with Crippen LogP contribution in [0.2, 0.25) is 0 Å². The number of fused-ring (bicyclic) bond motifs is 3. The van der Waals surface area contributed by atoms with Crippen LogP contribution in [0.1, 0.15) is 25.3 Å². The van der Waals surface area contributed by atoms with Crippen molar-refractivity contribution in [1.29, 1.82) is 0 Å². The monoisotopic (exact) mass is 344 g/mol. The maximum atomic E-state index is 4.66. The standard InChI is InChI=1S/C20H20N6/c1-2-3-13-26-17-12-8-7-11-16(17)18-19(26)22-20(25-23-18)24-21-14-15-9-5-4-6-10-15/h4-12,14H,2-3,13H2,1H3,(H,22,24,25)/b21-14+. The van der Waals surface area contributed by atoms with E-state index >= 15 is 0 Å². The Labute approximate surface area is 151 Å². The second-order valence-corrected chi connectivity index (χ2v) is 6.11. The largest absolute Gasteiger partial charge is 0.324 e. The van der Waals surface area contributed by atoms with E-state index in [4.69, 9.17) is 0 Å². The van der Waals surface area contributed by atoms with Crippen LogP contribution in [-0.4, -0.2) is 26.0 Å². The molecule has 26 heavy (non-hydrogen) atoms. The summed E-state index contributed by atoms with van der Waals surface area (Å²) in [6.07, 6.45) is 3.95. The van der Waals surface area contributed by atoms with Crippen LogP contribution in [0, 0.1) is 0 Å². The van der Waals surface area contributed by atoms with E-state index in [1.165, 1.54) is 0 Å². The molecule has 1 N–H and O–H groups in total. The van der Waals surface area contributed by atoms with Gasteiger partial charge in [0.1, 0.15) is 5.52 Å². The lowest BCUT2D eigenvalue weighted by atomic mass is 10.2. The van der Waals surface area contributed by atoms with E-state index in [9.17, 15) is 0 Å². The molecule has 0 spiro atoms. The van der Waals surface area contributed by atoms with Gasteiger partial charge >= 0.3 is 0 Å². The zero-order valence-electron chi connectivity index (χ0n) is 14.6. The topological polar surface area (TPSA) is 68.0 Å². The number of unbranched alkanes of at least 4 members (excludes halogenated alkanes) is 1. The fraction of sp³-hybridized carbons (Fsp3) is 0.200. The summed E-state index contributed by atoms with van der Waals surface area (Å²) in [4.78, 5) is 4.66. The number of aromatic nitrogens is 4. The SMILES string of the molecule is CCCCn1c2ccccc2c2nnc(N/N=C/c3ccccc3)nc21. The van der Waals surface area contributed by atoms with E-state index in [2.05, 4.69) is 49.3 Å². The summed E-state index contributed by atoms with van der Waals surface area (Å²) < 4.78 is 2.22. The Bertz CT molecular complexity index is 1050. The summed E-state index contributed by atoms with van der Waals surface area (Å²) in [5.41, 5.74) is 6.70. The first kappa shape index (κ1) is 16.2. The van der Waals surface area contributed by atoms with Crippen molar-refractivity contribution >= 4 is 34.2 Å². The van der Waals surface area contributed by atoms with E-state index in [0.717, 1.165) is 47.0 Å². The maximum Gasteiger partial charge on any atom is 0.265 e. The fourth-order valence-corrected chi connectivity index (χ4v) is 3.00. The molecule has 0 amide bonds. The molecule has 4 aromatic rings. The Morgan fingerprint density at radius 2 is 1.85 bits per heavy atom. The molecule has 2 aromatic carbocycles. The van der Waals surface area contributed by atoms with Gasteiger partial charge in [0.2, 0.25) is 0 Å². The third kappa shape index (κ3) is 3.13. The number of hydrazone groups is 1. The Morgan fingerprint density at radius 1 is 1.04 bits per heavy atom. The fourth-order valence-electron chi connectivity index (χ4n) is 3.00. The molecule has 0 aliphatic rings. The summed E-state index contributed by atoms with van der Waals surface area (Å²) >= 11 is 0. The first-order chi connectivity index (χ1) is 12.9. The van der Waals surface area contributed by atoms with E-state index in [1.54, 1.807) is 6.21 Å². The summed E-state index contributed by atoms with van der Waals surface area (Å²) in [7, 11) is 0. The van der Waals surface area contributed by atoms with Crippen molar-refractivity contribution in [2.45, 2.75) is 26.3 Å². The first-order valence-electron chi connectivity index (χ1n) is 8.82. The van der Waals surface area contributed by atoms with Gasteiger partial charge in [-0.15, -0.1) is 10.2 Å². The van der Waals surface area contributed by atoms with Crippen molar-refractivity contribution in [3.05, 3.63) is 60.2 Å². The van der Waals surface area contributed by atoms with E-state index < -0.39 is 0 Å². The van der Waals surface area contributed by atoms with E-state index in [-0.39, 0.29) is 0 Å². The molecule has 6 heteroatoms. The maximum absolute atomic E-state index is 4.66. The Balaban J connectivity index is 1.69. The predicted octanol–water partition coefficient (Wildman–Crippen LogP) is 4.23. The van der Waals surface area contributed by atoms with Gasteiger partial charge in [-0.2, -0.15) is 10.1 Å². The van der Waals surface area contributed by atoms with Crippen molar-refractivity contribution in [2.24, 2.45) is 5.10 Å². The van der Waals surface area contributed by atoms with Crippen LogP contribution in [0.3, 0.4) is 0 Å². The highest BCUT2D eigenvalue weighted by atomic mass is 15.4. The highest BCUT2D eigenvalue weighted by Crippen LogP contribution is 2.26. The van der Waals surface area contributed by atoms with Gasteiger partial charge in [0.15, 0.2) is 5.65 Å². The Hall–Kier alpha value is -3.28. The molecular weight excluding hydrogens is 324 g/mol. The van der Waals surface area contributed by atoms with Gasteiger partial charge in [0, 0.05) is 11.9 Å². The predicted molar refractivity (Wildman–Crippen MR) is 105 cm³/mol. The molecule has 0 fully saturated rings. The van der Waals surface area contributed by atoms with Crippen molar-refractivity contribution in [3.8, 4) is 0 Å². The van der Waals surface area contributed by atoms with Gasteiger partial charge in [0.25, 0.3) is 5.95 Å². The van der Waals surface area contributed by atoms with Crippen LogP contribution in [0.4, 0.5) is 5.95 Å². The zero-order valence-corrected chi connectivity index (χ0v) is 14.6. The van der Waals surface area contributed by atoms with Crippen LogP contribution < -0.4 is 5.43 Å². The van der Waals surface area contributed by atoms with Crippen LogP contribution in [0.15, 0.2) is 59.7 Å². The van der Waals surface area contributed by atoms with Gasteiger partial charge in [0.05, 0.1) is 11.7 Å². The highest BCUT2D eigenvalue weighted by Gasteiger charge is 2.13. The van der Waals surface area contributed by atoms with Crippen LogP contribution in [0.5, 0.6) is 0 Å². The lowest BCUT2D eigenvalue weighted by molar-refractivity contribution is 0.660. The van der Waals surface area contributed by atoms with Crippen LogP contribution in [-0.2, 0) is 6.54 Å². The minimum Gasteiger partial charge on any atom is -0.324 e. The number of anilines is 1. The first-order valence-corrected chi connectivity index (χ1v) is 8.82. The quantitative estimate of drug-likeness (QED) is 0.420. The average molecular weight is 344 g/mol. The van der Waals surface area contributed by atoms with Gasteiger partial charge < -0.3 is 4.57 Å². The van der Waals surface area contributed by atoms with Gasteiger partial charge in [-0.25, -0.2) is 5.43 Å². The van der Waals surface area contributed by atoms with Gasteiger partial charge in [-0.3, -0.25) is 0 Å². The highest BCUT2D eigenvalue weighted by molar-refractivity contribution is 6.04. The van der Waals surface area contributed by atoms with Crippen molar-refractivity contribution in [3.63, 3.8) is 0 Å². The van der Waals surface area contributed by atoms with Gasteiger partial charge in [-0.05, 0) is 18.1 Å². The molecule has 0 atom stereocenters. The normalized spacial score (nSPS) is 11.6. The van der Waals surface area contributed by atoms with Crippen LogP contribution in [0.25, 0.3) is 22.1 Å². The number of benzene rings is 2. The summed E-state index contributed by atoms with van der Waals surface area (Å²) in [5.74, 6) is 0.394. The molecule has 2 heterocycles. The lowest BCUT2D eigenvalue weighted by Crippen LogP contribution is -2.03. The molecule has 130 valence electrons. The number of nitrogens with zero attached hydrogens (tertiary/aromatic N) is 5. The second-order valence-electron chi connectivity index (χ2n) is 6.11. The summed E-state index contributed by atoms with van der Waals surface area (Å²) in [6.45, 7) is 3.10. The van der Waals surface area contributed by atoms with Crippen LogP contribution >= 0.6 is 0 Å². The number of hydrogen-bond donors (Lipinski definition) is 1. The molecule has 0 aliphatic heterocycles. The number of hydrogen-bond acceptors (Lipinski definition) is 5. The minimum absolute atomic E-state index is 0.394. The van der Waals surface area contributed by atoms with Gasteiger partial charge in [-0.1, -0.05) is 61.9 Å². The second kappa shape index (κ2) is 7.31. The molecule has 0 bridgehead atoms. The molecule has 0 radical (unpaired) electrons. The van der Waals surface area contributed by atoms with Crippen molar-refractivity contribution < 1.29 is 0 Å². The number of para-hydroxylation sites is 1. The van der Waals surface area contributed by atoms with Crippen molar-refractivity contribution in [1.82, 2.24) is 19.7 Å². The summed E-state index contributed by atoms with van der Waals surface area (Å²) in [5, 5.41) is 13.9. The Kier molecular flexibility index (Phi) is 4.55.